The molecule has 0 bridgehead atoms. The van der Waals surface area contributed by atoms with Gasteiger partial charge in [-0.2, -0.15) is 0 Å². The van der Waals surface area contributed by atoms with Crippen LogP contribution in [0, 0.1) is 0 Å². The molecule has 0 spiro atoms. The average molecular weight is 1010 g/mol. The van der Waals surface area contributed by atoms with Crippen LogP contribution in [0.2, 0.25) is 0 Å². The number of anilines is 6. The first-order valence-corrected chi connectivity index (χ1v) is 27.2. The summed E-state index contributed by atoms with van der Waals surface area (Å²) in [6.45, 7) is 0. The molecule has 1 aliphatic carbocycles. The summed E-state index contributed by atoms with van der Waals surface area (Å²) in [6.07, 6.45) is 0. The van der Waals surface area contributed by atoms with Crippen molar-refractivity contribution in [1.82, 2.24) is 0 Å². The van der Waals surface area contributed by atoms with Crippen molar-refractivity contribution in [2.75, 3.05) is 9.80 Å². The van der Waals surface area contributed by atoms with Crippen LogP contribution >= 0.6 is 0 Å². The zero-order valence-electron chi connectivity index (χ0n) is 43.6. The number of para-hydroxylation sites is 2. The molecule has 0 aromatic heterocycles. The van der Waals surface area contributed by atoms with Gasteiger partial charge < -0.3 is 9.80 Å². The van der Waals surface area contributed by atoms with Gasteiger partial charge >= 0.3 is 0 Å². The second-order valence-electron chi connectivity index (χ2n) is 20.4. The van der Waals surface area contributed by atoms with Crippen LogP contribution in [-0.2, 0) is 5.41 Å². The van der Waals surface area contributed by atoms with Gasteiger partial charge in [-0.25, -0.2) is 0 Å². The van der Waals surface area contributed by atoms with Crippen molar-refractivity contribution in [3.63, 3.8) is 0 Å². The van der Waals surface area contributed by atoms with E-state index < -0.39 is 5.41 Å². The van der Waals surface area contributed by atoms with Crippen LogP contribution in [-0.4, -0.2) is 0 Å². The maximum absolute atomic E-state index is 2.48. The van der Waals surface area contributed by atoms with Gasteiger partial charge in [-0.1, -0.05) is 255 Å². The van der Waals surface area contributed by atoms with Crippen molar-refractivity contribution in [3.8, 4) is 55.6 Å². The van der Waals surface area contributed by atoms with E-state index >= 15 is 0 Å². The summed E-state index contributed by atoms with van der Waals surface area (Å²) >= 11 is 0. The lowest BCUT2D eigenvalue weighted by Gasteiger charge is -2.35. The number of benzene rings is 13. The molecule has 0 fully saturated rings. The molecule has 2 nitrogen and oxygen atoms in total. The number of fused-ring (bicyclic) bond motifs is 4. The van der Waals surface area contributed by atoms with Crippen LogP contribution in [0.1, 0.15) is 22.3 Å². The van der Waals surface area contributed by atoms with Crippen LogP contribution in [0.15, 0.2) is 328 Å². The Balaban J connectivity index is 1.03. The van der Waals surface area contributed by atoms with E-state index in [2.05, 4.69) is 337 Å². The van der Waals surface area contributed by atoms with Crippen molar-refractivity contribution in [2.45, 2.75) is 5.41 Å². The Bertz CT molecular complexity index is 4190. The van der Waals surface area contributed by atoms with E-state index in [9.17, 15) is 0 Å². The molecule has 0 unspecified atom stereocenters. The smallest absolute Gasteiger partial charge is 0.0714 e. The van der Waals surface area contributed by atoms with Gasteiger partial charge in [-0.15, -0.1) is 0 Å². The fraction of sp³-hybridized carbons (Fsp3) is 0.0130. The molecule has 79 heavy (non-hydrogen) atoms. The van der Waals surface area contributed by atoms with Gasteiger partial charge in [0.15, 0.2) is 0 Å². The van der Waals surface area contributed by atoms with E-state index in [1.165, 1.54) is 66.4 Å². The van der Waals surface area contributed by atoms with Crippen molar-refractivity contribution in [2.24, 2.45) is 0 Å². The first kappa shape index (κ1) is 47.2. The Kier molecular flexibility index (Phi) is 12.2. The lowest BCUT2D eigenvalue weighted by atomic mass is 9.67. The molecule has 0 atom stereocenters. The second kappa shape index (κ2) is 20.3. The number of rotatable bonds is 12. The third-order valence-corrected chi connectivity index (χ3v) is 15.9. The maximum atomic E-state index is 2.48. The molecule has 1 aliphatic rings. The zero-order chi connectivity index (χ0) is 52.5. The molecule has 14 rings (SSSR count). The Hall–Kier alpha value is -10.3. The van der Waals surface area contributed by atoms with Gasteiger partial charge in [0, 0.05) is 34.1 Å². The third-order valence-electron chi connectivity index (χ3n) is 15.9. The predicted octanol–water partition coefficient (Wildman–Crippen LogP) is 20.8. The highest BCUT2D eigenvalue weighted by atomic mass is 15.2. The van der Waals surface area contributed by atoms with Gasteiger partial charge in [0.05, 0.1) is 5.41 Å². The summed E-state index contributed by atoms with van der Waals surface area (Å²) in [5.74, 6) is 0. The Morgan fingerprint density at radius 3 is 1.32 bits per heavy atom. The molecule has 0 amide bonds. The van der Waals surface area contributed by atoms with Crippen molar-refractivity contribution < 1.29 is 0 Å². The van der Waals surface area contributed by atoms with E-state index in [1.807, 2.05) is 0 Å². The largest absolute Gasteiger partial charge is 0.310 e. The SMILES string of the molecule is c1ccc(-c2ccc(N(c3cc(-c4cccc(-c5ccc6ccccc6c5-c5ccccc5)c4)cc(N(c4ccccc4)c4ccccc4)c3)c3ccc4c(c3)C(c3ccccc3)(c3ccccc3)c3ccccc3-4)cc2)cc1. The van der Waals surface area contributed by atoms with E-state index in [0.29, 0.717) is 0 Å². The Morgan fingerprint density at radius 1 is 0.215 bits per heavy atom. The molecule has 0 N–H and O–H groups in total. The predicted molar refractivity (Wildman–Crippen MR) is 332 cm³/mol. The minimum atomic E-state index is -0.584. The van der Waals surface area contributed by atoms with Crippen LogP contribution < -0.4 is 9.80 Å². The highest BCUT2D eigenvalue weighted by Gasteiger charge is 2.46. The standard InChI is InChI=1S/C77H54N2/c1-7-24-55(25-8-1)56-42-45-66(46-43-56)79(67-47-49-73-72-40-21-22-41-74(72)77(75(73)54-67,62-31-11-3-12-32-62)63-33-13-4-14-34-63)69-52-61(51-68(53-69)78(64-35-15-5-16-36-64)65-37-17-6-18-38-65)59-29-23-30-60(50-59)71-48-44-57-26-19-20-39-70(57)76(71)58-27-9-2-10-28-58/h1-54H. The van der Waals surface area contributed by atoms with Gasteiger partial charge in [-0.05, 0) is 161 Å². The van der Waals surface area contributed by atoms with Gasteiger partial charge in [0.1, 0.15) is 0 Å². The summed E-state index contributed by atoms with van der Waals surface area (Å²) in [7, 11) is 0. The van der Waals surface area contributed by atoms with Crippen LogP contribution in [0.3, 0.4) is 0 Å². The molecule has 13 aromatic carbocycles. The molecule has 0 heterocycles. The van der Waals surface area contributed by atoms with Crippen LogP contribution in [0.4, 0.5) is 34.1 Å². The first-order valence-electron chi connectivity index (χ1n) is 27.2. The second-order valence-corrected chi connectivity index (χ2v) is 20.4. The lowest BCUT2D eigenvalue weighted by molar-refractivity contribution is 0.768. The first-order chi connectivity index (χ1) is 39.2. The number of hydrogen-bond donors (Lipinski definition) is 0. The fourth-order valence-electron chi connectivity index (χ4n) is 12.4. The van der Waals surface area contributed by atoms with Crippen molar-refractivity contribution in [3.05, 3.63) is 350 Å². The summed E-state index contributed by atoms with van der Waals surface area (Å²) in [5.41, 5.74) is 22.5. The van der Waals surface area contributed by atoms with Gasteiger partial charge in [0.2, 0.25) is 0 Å². The van der Waals surface area contributed by atoms with E-state index in [-0.39, 0.29) is 0 Å². The van der Waals surface area contributed by atoms with Crippen molar-refractivity contribution in [1.29, 1.82) is 0 Å². The molecular weight excluding hydrogens is 953 g/mol. The highest BCUT2D eigenvalue weighted by Crippen LogP contribution is 2.57. The molecule has 2 heteroatoms. The van der Waals surface area contributed by atoms with E-state index in [1.54, 1.807) is 0 Å². The summed E-state index contributed by atoms with van der Waals surface area (Å²) in [4.78, 5) is 4.86. The highest BCUT2D eigenvalue weighted by molar-refractivity contribution is 6.04. The topological polar surface area (TPSA) is 6.48 Å². The summed E-state index contributed by atoms with van der Waals surface area (Å²) in [5, 5.41) is 2.45. The van der Waals surface area contributed by atoms with Gasteiger partial charge in [-0.3, -0.25) is 0 Å². The molecule has 0 aliphatic heterocycles. The normalized spacial score (nSPS) is 12.2. The molecule has 0 saturated carbocycles. The minimum Gasteiger partial charge on any atom is -0.310 e. The van der Waals surface area contributed by atoms with E-state index in [4.69, 9.17) is 0 Å². The van der Waals surface area contributed by atoms with Gasteiger partial charge in [0.25, 0.3) is 0 Å². The third kappa shape index (κ3) is 8.48. The number of hydrogen-bond acceptors (Lipinski definition) is 2. The minimum absolute atomic E-state index is 0.584. The Labute approximate surface area is 463 Å². The number of nitrogens with zero attached hydrogens (tertiary/aromatic N) is 2. The van der Waals surface area contributed by atoms with E-state index in [0.717, 1.165) is 56.4 Å². The summed E-state index contributed by atoms with van der Waals surface area (Å²) in [6, 6.07) is 120. The zero-order valence-corrected chi connectivity index (χ0v) is 43.6. The molecular formula is C77H54N2. The monoisotopic (exact) mass is 1010 g/mol. The summed E-state index contributed by atoms with van der Waals surface area (Å²) < 4.78 is 0. The maximum Gasteiger partial charge on any atom is 0.0714 e. The Morgan fingerprint density at radius 2 is 0.671 bits per heavy atom. The van der Waals surface area contributed by atoms with Crippen LogP contribution in [0.5, 0.6) is 0 Å². The average Bonchev–Trinajstić information content (AvgIpc) is 3.30. The molecule has 13 aromatic rings. The van der Waals surface area contributed by atoms with Crippen LogP contribution in [0.25, 0.3) is 66.4 Å². The molecule has 0 radical (unpaired) electrons. The quantitative estimate of drug-likeness (QED) is 0.120. The fourth-order valence-corrected chi connectivity index (χ4v) is 12.4. The lowest BCUT2D eigenvalue weighted by Crippen LogP contribution is -2.28. The molecule has 372 valence electrons. The van der Waals surface area contributed by atoms with Crippen molar-refractivity contribution >= 4 is 44.9 Å². The molecule has 0 saturated heterocycles.